The van der Waals surface area contributed by atoms with E-state index in [0.29, 0.717) is 0 Å². The first kappa shape index (κ1) is 11.9. The van der Waals surface area contributed by atoms with Crippen LogP contribution >= 0.6 is 0 Å². The molecule has 0 saturated heterocycles. The first-order valence-electron chi connectivity index (χ1n) is 5.72. The molecule has 92 valence electrons. The van der Waals surface area contributed by atoms with Gasteiger partial charge in [0.25, 0.3) is 0 Å². The fourth-order valence-electron chi connectivity index (χ4n) is 2.70. The number of pyridine rings is 1. The maximum Gasteiger partial charge on any atom is 0.307 e. The van der Waals surface area contributed by atoms with Crippen molar-refractivity contribution in [3.8, 4) is 0 Å². The second-order valence-electron chi connectivity index (χ2n) is 5.43. The number of hydrogen-bond acceptors (Lipinski definition) is 3. The van der Waals surface area contributed by atoms with Crippen molar-refractivity contribution in [2.75, 3.05) is 19.0 Å². The van der Waals surface area contributed by atoms with E-state index >= 15 is 0 Å². The minimum Gasteiger partial charge on any atom is -0.481 e. The van der Waals surface area contributed by atoms with E-state index in [1.54, 1.807) is 6.20 Å². The van der Waals surface area contributed by atoms with E-state index in [-0.39, 0.29) is 17.3 Å². The summed E-state index contributed by atoms with van der Waals surface area (Å²) in [5.74, 6) is -0.0839. The normalized spacial score (nSPS) is 25.4. The molecule has 1 aromatic rings. The lowest BCUT2D eigenvalue weighted by atomic mass is 10.0. The van der Waals surface area contributed by atoms with Crippen LogP contribution in [0.4, 0.5) is 5.82 Å². The van der Waals surface area contributed by atoms with Crippen molar-refractivity contribution in [1.82, 2.24) is 4.98 Å². The van der Waals surface area contributed by atoms with Gasteiger partial charge in [-0.2, -0.15) is 0 Å². The Hall–Kier alpha value is -1.58. The molecule has 17 heavy (non-hydrogen) atoms. The smallest absolute Gasteiger partial charge is 0.307 e. The monoisotopic (exact) mass is 234 g/mol. The second-order valence-corrected chi connectivity index (χ2v) is 5.43. The Bertz CT molecular complexity index is 454. The van der Waals surface area contributed by atoms with Crippen molar-refractivity contribution in [2.24, 2.45) is 11.3 Å². The number of nitrogens with zero attached hydrogens (tertiary/aromatic N) is 2. The molecule has 0 aromatic carbocycles. The molecule has 0 radical (unpaired) electrons. The zero-order valence-electron chi connectivity index (χ0n) is 10.6. The number of anilines is 1. The van der Waals surface area contributed by atoms with Crippen molar-refractivity contribution in [3.63, 3.8) is 0 Å². The molecule has 1 aliphatic rings. The number of hydrogen-bond donors (Lipinski definition) is 1. The summed E-state index contributed by atoms with van der Waals surface area (Å²) in [4.78, 5) is 17.5. The predicted octanol–water partition coefficient (Wildman–Crippen LogP) is 1.97. The number of carboxylic acids is 1. The van der Waals surface area contributed by atoms with Crippen LogP contribution in [0.2, 0.25) is 0 Å². The minimum absolute atomic E-state index is 0.0612. The summed E-state index contributed by atoms with van der Waals surface area (Å²) in [6, 6.07) is 3.85. The summed E-state index contributed by atoms with van der Waals surface area (Å²) in [6.07, 6.45) is 1.74. The minimum atomic E-state index is -0.714. The van der Waals surface area contributed by atoms with E-state index < -0.39 is 5.97 Å². The van der Waals surface area contributed by atoms with E-state index in [4.69, 9.17) is 0 Å². The molecule has 1 fully saturated rings. The van der Waals surface area contributed by atoms with Gasteiger partial charge in [0.05, 0.1) is 5.92 Å². The fourth-order valence-corrected chi connectivity index (χ4v) is 2.70. The van der Waals surface area contributed by atoms with Gasteiger partial charge >= 0.3 is 5.97 Å². The Morgan fingerprint density at radius 3 is 2.59 bits per heavy atom. The molecule has 0 spiro atoms. The number of aliphatic carboxylic acids is 1. The lowest BCUT2D eigenvalue weighted by Gasteiger charge is -2.16. The second kappa shape index (κ2) is 3.72. The van der Waals surface area contributed by atoms with Gasteiger partial charge in [0.15, 0.2) is 0 Å². The number of aromatic nitrogens is 1. The molecule has 0 amide bonds. The van der Waals surface area contributed by atoms with Crippen LogP contribution in [0.3, 0.4) is 0 Å². The molecule has 1 heterocycles. The van der Waals surface area contributed by atoms with Gasteiger partial charge < -0.3 is 10.0 Å². The average Bonchev–Trinajstić information content (AvgIpc) is 2.81. The summed E-state index contributed by atoms with van der Waals surface area (Å²) in [6.45, 7) is 4.01. The van der Waals surface area contributed by atoms with Gasteiger partial charge in [-0.3, -0.25) is 4.79 Å². The summed E-state index contributed by atoms with van der Waals surface area (Å²) in [7, 11) is 3.86. The van der Waals surface area contributed by atoms with Crippen molar-refractivity contribution < 1.29 is 9.90 Å². The predicted molar refractivity (Wildman–Crippen MR) is 66.2 cm³/mol. The molecule has 2 atom stereocenters. The molecule has 1 N–H and O–H groups in total. The molecule has 0 aliphatic heterocycles. The van der Waals surface area contributed by atoms with Gasteiger partial charge in [0, 0.05) is 26.2 Å². The van der Waals surface area contributed by atoms with E-state index in [9.17, 15) is 9.90 Å². The highest BCUT2D eigenvalue weighted by Crippen LogP contribution is 2.65. The highest BCUT2D eigenvalue weighted by atomic mass is 16.4. The maximum absolute atomic E-state index is 11.2. The molecule has 1 saturated carbocycles. The lowest BCUT2D eigenvalue weighted by Crippen LogP contribution is -2.13. The van der Waals surface area contributed by atoms with E-state index in [0.717, 1.165) is 11.4 Å². The van der Waals surface area contributed by atoms with E-state index in [1.807, 2.05) is 45.0 Å². The number of carboxylic acid groups (broad SMARTS) is 1. The van der Waals surface area contributed by atoms with Gasteiger partial charge in [-0.05, 0) is 17.0 Å². The van der Waals surface area contributed by atoms with E-state index in [1.165, 1.54) is 0 Å². The lowest BCUT2D eigenvalue weighted by molar-refractivity contribution is -0.139. The number of carbonyl (C=O) groups is 1. The van der Waals surface area contributed by atoms with Crippen LogP contribution in [0.15, 0.2) is 18.3 Å². The van der Waals surface area contributed by atoms with Gasteiger partial charge in [-0.1, -0.05) is 19.9 Å². The van der Waals surface area contributed by atoms with Crippen LogP contribution in [0.5, 0.6) is 0 Å². The Labute approximate surface area is 101 Å². The van der Waals surface area contributed by atoms with E-state index in [2.05, 4.69) is 4.98 Å². The standard InChI is InChI=1S/C13H18N2O2/c1-13(2)9(10(13)12(16)17)8-6-5-7-14-11(8)15(3)4/h5-7,9-10H,1-4H3,(H,16,17)/t9-,10+/m0/s1. The third-order valence-corrected chi connectivity index (χ3v) is 3.67. The average molecular weight is 234 g/mol. The van der Waals surface area contributed by atoms with Crippen LogP contribution in [0.1, 0.15) is 25.3 Å². The SMILES string of the molecule is CN(C)c1ncccc1[C@H]1[C@H](C(=O)O)C1(C)C. The third kappa shape index (κ3) is 1.77. The zero-order valence-corrected chi connectivity index (χ0v) is 10.6. The van der Waals surface area contributed by atoms with Crippen molar-refractivity contribution >= 4 is 11.8 Å². The quantitative estimate of drug-likeness (QED) is 0.868. The maximum atomic E-state index is 11.2. The summed E-state index contributed by atoms with van der Waals surface area (Å²) >= 11 is 0. The van der Waals surface area contributed by atoms with Crippen molar-refractivity contribution in [2.45, 2.75) is 19.8 Å². The Balaban J connectivity index is 2.40. The first-order chi connectivity index (χ1) is 7.87. The van der Waals surface area contributed by atoms with Crippen molar-refractivity contribution in [1.29, 1.82) is 0 Å². The largest absolute Gasteiger partial charge is 0.481 e. The van der Waals surface area contributed by atoms with Gasteiger partial charge in [-0.25, -0.2) is 4.98 Å². The molecule has 0 unspecified atom stereocenters. The summed E-state index contributed by atoms with van der Waals surface area (Å²) in [5.41, 5.74) is 0.856. The van der Waals surface area contributed by atoms with Crippen LogP contribution in [0, 0.1) is 11.3 Å². The van der Waals surface area contributed by atoms with Crippen molar-refractivity contribution in [3.05, 3.63) is 23.9 Å². The Kier molecular flexibility index (Phi) is 2.60. The molecule has 1 aromatic heterocycles. The Morgan fingerprint density at radius 1 is 1.47 bits per heavy atom. The molecular formula is C13H18N2O2. The summed E-state index contributed by atoms with van der Waals surface area (Å²) < 4.78 is 0. The molecule has 1 aliphatic carbocycles. The van der Waals surface area contributed by atoms with Crippen LogP contribution in [-0.4, -0.2) is 30.2 Å². The third-order valence-electron chi connectivity index (χ3n) is 3.67. The van der Waals surface area contributed by atoms with Gasteiger partial charge in [0.1, 0.15) is 5.82 Å². The van der Waals surface area contributed by atoms with Crippen LogP contribution < -0.4 is 4.90 Å². The molecule has 2 rings (SSSR count). The molecule has 4 nitrogen and oxygen atoms in total. The van der Waals surface area contributed by atoms with Crippen LogP contribution in [-0.2, 0) is 4.79 Å². The van der Waals surface area contributed by atoms with Crippen LogP contribution in [0.25, 0.3) is 0 Å². The van der Waals surface area contributed by atoms with Gasteiger partial charge in [0.2, 0.25) is 0 Å². The topological polar surface area (TPSA) is 53.4 Å². The molecule has 0 bridgehead atoms. The summed E-state index contributed by atoms with van der Waals surface area (Å²) in [5, 5.41) is 9.22. The molecule has 4 heteroatoms. The zero-order chi connectivity index (χ0) is 12.8. The Morgan fingerprint density at radius 2 is 2.12 bits per heavy atom. The highest BCUT2D eigenvalue weighted by molar-refractivity contribution is 5.78. The molecular weight excluding hydrogens is 216 g/mol. The first-order valence-corrected chi connectivity index (χ1v) is 5.72. The van der Waals surface area contributed by atoms with Gasteiger partial charge in [-0.15, -0.1) is 0 Å². The number of rotatable bonds is 3. The fraction of sp³-hybridized carbons (Fsp3) is 0.538. The highest BCUT2D eigenvalue weighted by Gasteiger charge is 2.63.